The highest BCUT2D eigenvalue weighted by Gasteiger charge is 2.06. The van der Waals surface area contributed by atoms with E-state index >= 15 is 0 Å². The predicted molar refractivity (Wildman–Crippen MR) is 78.0 cm³/mol. The van der Waals surface area contributed by atoms with Gasteiger partial charge in [0.2, 0.25) is 0 Å². The zero-order valence-corrected chi connectivity index (χ0v) is 12.7. The molecular weight excluding hydrogens is 327 g/mol. The fourth-order valence-corrected chi connectivity index (χ4v) is 2.19. The van der Waals surface area contributed by atoms with Crippen LogP contribution >= 0.6 is 15.9 Å². The Morgan fingerprint density at radius 2 is 1.75 bits per heavy atom. The molecule has 2 rings (SSSR count). The molecule has 0 atom stereocenters. The first-order valence-corrected chi connectivity index (χ1v) is 6.71. The molecule has 106 valence electrons. The molecule has 0 unspecified atom stereocenters. The van der Waals surface area contributed by atoms with Crippen LogP contribution in [0.2, 0.25) is 0 Å². The Morgan fingerprint density at radius 3 is 2.40 bits per heavy atom. The average molecular weight is 341 g/mol. The van der Waals surface area contributed by atoms with Crippen LogP contribution in [0.3, 0.4) is 0 Å². The van der Waals surface area contributed by atoms with Crippen LogP contribution in [-0.2, 0) is 6.61 Å². The second-order valence-corrected chi connectivity index (χ2v) is 5.00. The first kappa shape index (κ1) is 14.7. The molecule has 0 fully saturated rings. The Bertz CT molecular complexity index is 581. The third-order valence-electron chi connectivity index (χ3n) is 2.69. The lowest BCUT2D eigenvalue weighted by molar-refractivity contribution is 0.302. The number of benzene rings is 2. The Balaban J connectivity index is 2.10. The largest absolute Gasteiger partial charge is 0.493 e. The van der Waals surface area contributed by atoms with Crippen LogP contribution in [0.5, 0.6) is 17.2 Å². The molecule has 0 heterocycles. The molecule has 2 aromatic carbocycles. The van der Waals surface area contributed by atoms with Crippen LogP contribution in [0.1, 0.15) is 5.56 Å². The highest BCUT2D eigenvalue weighted by Crippen LogP contribution is 2.28. The van der Waals surface area contributed by atoms with E-state index in [4.69, 9.17) is 14.2 Å². The monoisotopic (exact) mass is 340 g/mol. The second kappa shape index (κ2) is 6.61. The van der Waals surface area contributed by atoms with Gasteiger partial charge in [-0.15, -0.1) is 0 Å². The summed E-state index contributed by atoms with van der Waals surface area (Å²) in [5.41, 5.74) is 0.906. The lowest BCUT2D eigenvalue weighted by atomic mass is 10.2. The van der Waals surface area contributed by atoms with Gasteiger partial charge in [-0.2, -0.15) is 0 Å². The molecule has 0 amide bonds. The van der Waals surface area contributed by atoms with Crippen molar-refractivity contribution in [2.24, 2.45) is 0 Å². The maximum absolute atomic E-state index is 13.2. The molecule has 0 saturated carbocycles. The number of halogens is 2. The molecular formula is C15H14BrFO3. The van der Waals surface area contributed by atoms with E-state index in [1.54, 1.807) is 26.4 Å². The van der Waals surface area contributed by atoms with Gasteiger partial charge in [0.1, 0.15) is 18.2 Å². The van der Waals surface area contributed by atoms with Crippen LogP contribution < -0.4 is 14.2 Å². The fourth-order valence-electron chi connectivity index (χ4n) is 1.75. The third kappa shape index (κ3) is 3.63. The smallest absolute Gasteiger partial charge is 0.161 e. The van der Waals surface area contributed by atoms with E-state index in [2.05, 4.69) is 15.9 Å². The summed E-state index contributed by atoms with van der Waals surface area (Å²) in [6, 6.07) is 9.93. The summed E-state index contributed by atoms with van der Waals surface area (Å²) >= 11 is 3.22. The van der Waals surface area contributed by atoms with Crippen molar-refractivity contribution >= 4 is 15.9 Å². The van der Waals surface area contributed by atoms with Crippen molar-refractivity contribution in [2.45, 2.75) is 6.61 Å². The van der Waals surface area contributed by atoms with Crippen LogP contribution in [-0.4, -0.2) is 14.2 Å². The SMILES string of the molecule is COc1ccc(COc2cc(F)cc(Br)c2)cc1OC. The molecule has 0 aliphatic rings. The highest BCUT2D eigenvalue weighted by molar-refractivity contribution is 9.10. The molecule has 0 radical (unpaired) electrons. The summed E-state index contributed by atoms with van der Waals surface area (Å²) in [5, 5.41) is 0. The van der Waals surface area contributed by atoms with E-state index in [1.807, 2.05) is 12.1 Å². The Hall–Kier alpha value is -1.75. The number of methoxy groups -OCH3 is 2. The standard InChI is InChI=1S/C15H14BrFO3/c1-18-14-4-3-10(5-15(14)19-2)9-20-13-7-11(16)6-12(17)8-13/h3-8H,9H2,1-2H3. The van der Waals surface area contributed by atoms with Crippen molar-refractivity contribution in [2.75, 3.05) is 14.2 Å². The van der Waals surface area contributed by atoms with Crippen molar-refractivity contribution in [3.8, 4) is 17.2 Å². The molecule has 0 aliphatic carbocycles. The van der Waals surface area contributed by atoms with Gasteiger partial charge in [0.25, 0.3) is 0 Å². The van der Waals surface area contributed by atoms with Crippen LogP contribution in [0.25, 0.3) is 0 Å². The molecule has 0 N–H and O–H groups in total. The van der Waals surface area contributed by atoms with E-state index in [-0.39, 0.29) is 5.82 Å². The molecule has 0 aromatic heterocycles. The first-order chi connectivity index (χ1) is 9.62. The van der Waals surface area contributed by atoms with Crippen molar-refractivity contribution in [1.29, 1.82) is 0 Å². The van der Waals surface area contributed by atoms with Crippen molar-refractivity contribution in [1.82, 2.24) is 0 Å². The van der Waals surface area contributed by atoms with Gasteiger partial charge < -0.3 is 14.2 Å². The van der Waals surface area contributed by atoms with Gasteiger partial charge in [0.15, 0.2) is 11.5 Å². The van der Waals surface area contributed by atoms with Crippen LogP contribution in [0, 0.1) is 5.82 Å². The molecule has 0 spiro atoms. The van der Waals surface area contributed by atoms with Gasteiger partial charge >= 0.3 is 0 Å². The zero-order chi connectivity index (χ0) is 14.5. The average Bonchev–Trinajstić information content (AvgIpc) is 2.43. The highest BCUT2D eigenvalue weighted by atomic mass is 79.9. The van der Waals surface area contributed by atoms with Gasteiger partial charge in [-0.05, 0) is 29.8 Å². The minimum Gasteiger partial charge on any atom is -0.493 e. The molecule has 20 heavy (non-hydrogen) atoms. The van der Waals surface area contributed by atoms with Gasteiger partial charge in [-0.3, -0.25) is 0 Å². The molecule has 0 saturated heterocycles. The maximum atomic E-state index is 13.2. The van der Waals surface area contributed by atoms with E-state index in [0.717, 1.165) is 5.56 Å². The van der Waals surface area contributed by atoms with Gasteiger partial charge in [-0.1, -0.05) is 22.0 Å². The van der Waals surface area contributed by atoms with Crippen molar-refractivity contribution < 1.29 is 18.6 Å². The lowest BCUT2D eigenvalue weighted by Gasteiger charge is -2.11. The van der Waals surface area contributed by atoms with Gasteiger partial charge in [0, 0.05) is 10.5 Å². The number of hydrogen-bond donors (Lipinski definition) is 0. The van der Waals surface area contributed by atoms with E-state index in [0.29, 0.717) is 28.3 Å². The van der Waals surface area contributed by atoms with Crippen LogP contribution in [0.15, 0.2) is 40.9 Å². The fraction of sp³-hybridized carbons (Fsp3) is 0.200. The number of rotatable bonds is 5. The van der Waals surface area contributed by atoms with Gasteiger partial charge in [0.05, 0.1) is 14.2 Å². The van der Waals surface area contributed by atoms with E-state index in [1.165, 1.54) is 12.1 Å². The quantitative estimate of drug-likeness (QED) is 0.816. The minimum absolute atomic E-state index is 0.316. The maximum Gasteiger partial charge on any atom is 0.161 e. The summed E-state index contributed by atoms with van der Waals surface area (Å²) in [6.07, 6.45) is 0. The van der Waals surface area contributed by atoms with Crippen molar-refractivity contribution in [3.05, 3.63) is 52.3 Å². The topological polar surface area (TPSA) is 27.7 Å². The molecule has 2 aromatic rings. The summed E-state index contributed by atoms with van der Waals surface area (Å²) in [5.74, 6) is 1.41. The summed E-state index contributed by atoms with van der Waals surface area (Å²) in [4.78, 5) is 0. The second-order valence-electron chi connectivity index (χ2n) is 4.08. The van der Waals surface area contributed by atoms with Crippen LogP contribution in [0.4, 0.5) is 4.39 Å². The Morgan fingerprint density at radius 1 is 1.00 bits per heavy atom. The predicted octanol–water partition coefficient (Wildman–Crippen LogP) is 4.18. The number of ether oxygens (including phenoxy) is 3. The molecule has 0 aliphatic heterocycles. The van der Waals surface area contributed by atoms with Crippen molar-refractivity contribution in [3.63, 3.8) is 0 Å². The van der Waals surface area contributed by atoms with E-state index < -0.39 is 0 Å². The normalized spacial score (nSPS) is 10.2. The molecule has 0 bridgehead atoms. The number of hydrogen-bond acceptors (Lipinski definition) is 3. The molecule has 3 nitrogen and oxygen atoms in total. The summed E-state index contributed by atoms with van der Waals surface area (Å²) in [7, 11) is 3.16. The zero-order valence-electron chi connectivity index (χ0n) is 11.2. The van der Waals surface area contributed by atoms with E-state index in [9.17, 15) is 4.39 Å². The first-order valence-electron chi connectivity index (χ1n) is 5.92. The summed E-state index contributed by atoms with van der Waals surface area (Å²) in [6.45, 7) is 0.316. The minimum atomic E-state index is -0.346. The Kier molecular flexibility index (Phi) is 4.84. The molecule has 5 heteroatoms. The lowest BCUT2D eigenvalue weighted by Crippen LogP contribution is -1.98. The summed E-state index contributed by atoms with van der Waals surface area (Å²) < 4.78 is 29.8. The Labute approximate surface area is 125 Å². The third-order valence-corrected chi connectivity index (χ3v) is 3.15. The van der Waals surface area contributed by atoms with Gasteiger partial charge in [-0.25, -0.2) is 4.39 Å².